The second-order valence-electron chi connectivity index (χ2n) is 4.39. The fourth-order valence-electron chi connectivity index (χ4n) is 1.56. The molecule has 0 saturated carbocycles. The smallest absolute Gasteiger partial charge is 0.313 e. The zero-order valence-electron chi connectivity index (χ0n) is 10.4. The highest BCUT2D eigenvalue weighted by molar-refractivity contribution is 6.34. The Labute approximate surface area is 123 Å². The molecule has 0 radical (unpaired) electrons. The Morgan fingerprint density at radius 3 is 2.11 bits per heavy atom. The van der Waals surface area contributed by atoms with Crippen LogP contribution in [0.3, 0.4) is 0 Å². The lowest BCUT2D eigenvalue weighted by Gasteiger charge is -2.29. The number of nitrogens with two attached hydrogens (primary N) is 1. The quantitative estimate of drug-likeness (QED) is 0.867. The molecule has 18 heavy (non-hydrogen) atoms. The minimum Gasteiger partial charge on any atom is -0.469 e. The first-order valence-electron chi connectivity index (χ1n) is 5.09. The van der Waals surface area contributed by atoms with Gasteiger partial charge in [0.15, 0.2) is 0 Å². The van der Waals surface area contributed by atoms with E-state index in [1.54, 1.807) is 32.0 Å². The number of carbonyl (C=O) groups is 1. The average molecular weight is 313 g/mol. The van der Waals surface area contributed by atoms with E-state index in [0.29, 0.717) is 15.6 Å². The molecule has 3 nitrogen and oxygen atoms in total. The lowest BCUT2D eigenvalue weighted by molar-refractivity contribution is -0.152. The van der Waals surface area contributed by atoms with Crippen LogP contribution in [0.15, 0.2) is 18.2 Å². The summed E-state index contributed by atoms with van der Waals surface area (Å²) in [5.74, 6) is -0.374. The van der Waals surface area contributed by atoms with Crippen LogP contribution in [0.5, 0.6) is 0 Å². The fraction of sp³-hybridized carbons (Fsp3) is 0.417. The molecule has 1 aromatic rings. The molecule has 0 aliphatic carbocycles. The summed E-state index contributed by atoms with van der Waals surface area (Å²) in [6.07, 6.45) is 0. The molecular formula is C12H16Cl3NO2. The second kappa shape index (κ2) is 6.62. The Morgan fingerprint density at radius 1 is 1.28 bits per heavy atom. The molecule has 1 atom stereocenters. The standard InChI is InChI=1S/C12H15Cl2NO2.ClH/c1-12(2,11(16)17-3)10(15)7-4-8(13)6-9(14)5-7;/h4-6,10H,15H2,1-3H3;1H/t10-;/m1./s1. The summed E-state index contributed by atoms with van der Waals surface area (Å²) < 4.78 is 4.73. The van der Waals surface area contributed by atoms with Crippen molar-refractivity contribution in [2.24, 2.45) is 11.1 Å². The molecule has 0 unspecified atom stereocenters. The molecule has 0 aliphatic rings. The minimum absolute atomic E-state index is 0. The summed E-state index contributed by atoms with van der Waals surface area (Å²) in [5.41, 5.74) is 5.93. The van der Waals surface area contributed by atoms with E-state index in [1.807, 2.05) is 0 Å². The highest BCUT2D eigenvalue weighted by Gasteiger charge is 2.36. The maximum absolute atomic E-state index is 11.6. The first-order chi connectivity index (χ1) is 7.78. The van der Waals surface area contributed by atoms with E-state index in [-0.39, 0.29) is 18.4 Å². The van der Waals surface area contributed by atoms with Crippen LogP contribution in [-0.2, 0) is 9.53 Å². The van der Waals surface area contributed by atoms with E-state index >= 15 is 0 Å². The van der Waals surface area contributed by atoms with Crippen molar-refractivity contribution in [3.8, 4) is 0 Å². The zero-order valence-corrected chi connectivity index (χ0v) is 12.7. The van der Waals surface area contributed by atoms with Gasteiger partial charge in [-0.2, -0.15) is 0 Å². The monoisotopic (exact) mass is 311 g/mol. The molecule has 0 amide bonds. The van der Waals surface area contributed by atoms with Gasteiger partial charge in [0.25, 0.3) is 0 Å². The number of ether oxygens (including phenoxy) is 1. The molecule has 102 valence electrons. The van der Waals surface area contributed by atoms with Crippen LogP contribution >= 0.6 is 35.6 Å². The Bertz CT molecular complexity index is 415. The minimum atomic E-state index is -0.844. The number of esters is 1. The van der Waals surface area contributed by atoms with Crippen LogP contribution in [0.4, 0.5) is 0 Å². The van der Waals surface area contributed by atoms with Crippen molar-refractivity contribution in [1.82, 2.24) is 0 Å². The maximum atomic E-state index is 11.6. The van der Waals surface area contributed by atoms with Gasteiger partial charge < -0.3 is 10.5 Å². The predicted molar refractivity (Wildman–Crippen MR) is 76.4 cm³/mol. The van der Waals surface area contributed by atoms with Gasteiger partial charge in [-0.05, 0) is 37.6 Å². The molecule has 2 N–H and O–H groups in total. The number of halogens is 3. The van der Waals surface area contributed by atoms with Crippen LogP contribution in [-0.4, -0.2) is 13.1 Å². The van der Waals surface area contributed by atoms with Crippen LogP contribution in [0, 0.1) is 5.41 Å². The first-order valence-corrected chi connectivity index (χ1v) is 5.84. The highest BCUT2D eigenvalue weighted by atomic mass is 35.5. The molecule has 6 heteroatoms. The number of carbonyl (C=O) groups excluding carboxylic acids is 1. The van der Waals surface area contributed by atoms with E-state index < -0.39 is 11.5 Å². The van der Waals surface area contributed by atoms with Gasteiger partial charge in [0.05, 0.1) is 12.5 Å². The van der Waals surface area contributed by atoms with E-state index in [1.165, 1.54) is 7.11 Å². The van der Waals surface area contributed by atoms with Gasteiger partial charge in [-0.15, -0.1) is 12.4 Å². The molecule has 1 rings (SSSR count). The molecule has 0 bridgehead atoms. The number of hydrogen-bond donors (Lipinski definition) is 1. The molecular weight excluding hydrogens is 296 g/mol. The lowest BCUT2D eigenvalue weighted by Crippen LogP contribution is -2.37. The Hall–Kier alpha value is -0.480. The largest absolute Gasteiger partial charge is 0.469 e. The van der Waals surface area contributed by atoms with Crippen LogP contribution in [0.1, 0.15) is 25.5 Å². The van der Waals surface area contributed by atoms with Crippen molar-refractivity contribution in [3.63, 3.8) is 0 Å². The normalized spacial score (nSPS) is 12.6. The predicted octanol–water partition coefficient (Wildman–Crippen LogP) is 3.61. The summed E-state index contributed by atoms with van der Waals surface area (Å²) in [6.45, 7) is 3.44. The number of hydrogen-bond acceptors (Lipinski definition) is 3. The van der Waals surface area contributed by atoms with Crippen LogP contribution in [0.2, 0.25) is 10.0 Å². The van der Waals surface area contributed by atoms with Crippen molar-refractivity contribution >= 4 is 41.6 Å². The summed E-state index contributed by atoms with van der Waals surface area (Å²) in [4.78, 5) is 11.6. The van der Waals surface area contributed by atoms with Crippen molar-refractivity contribution in [1.29, 1.82) is 0 Å². The molecule has 0 saturated heterocycles. The summed E-state index contributed by atoms with van der Waals surface area (Å²) in [5, 5.41) is 0.979. The molecule has 0 aromatic heterocycles. The van der Waals surface area contributed by atoms with Gasteiger partial charge in [0.2, 0.25) is 0 Å². The third-order valence-corrected chi connectivity index (χ3v) is 3.17. The van der Waals surface area contributed by atoms with Gasteiger partial charge in [-0.3, -0.25) is 4.79 Å². The van der Waals surface area contributed by atoms with E-state index in [0.717, 1.165) is 0 Å². The van der Waals surface area contributed by atoms with Gasteiger partial charge in [-0.1, -0.05) is 23.2 Å². The summed E-state index contributed by atoms with van der Waals surface area (Å²) in [7, 11) is 1.34. The lowest BCUT2D eigenvalue weighted by atomic mass is 9.81. The number of methoxy groups -OCH3 is 1. The van der Waals surface area contributed by atoms with Gasteiger partial charge in [0.1, 0.15) is 0 Å². The van der Waals surface area contributed by atoms with Crippen molar-refractivity contribution in [3.05, 3.63) is 33.8 Å². The van der Waals surface area contributed by atoms with Gasteiger partial charge >= 0.3 is 5.97 Å². The third-order valence-electron chi connectivity index (χ3n) is 2.73. The topological polar surface area (TPSA) is 52.3 Å². The Balaban J connectivity index is 0.00000289. The molecule has 0 spiro atoms. The van der Waals surface area contributed by atoms with Gasteiger partial charge in [0, 0.05) is 16.1 Å². The molecule has 0 heterocycles. The van der Waals surface area contributed by atoms with E-state index in [4.69, 9.17) is 33.7 Å². The maximum Gasteiger partial charge on any atom is 0.313 e. The van der Waals surface area contributed by atoms with Crippen molar-refractivity contribution in [2.45, 2.75) is 19.9 Å². The molecule has 0 aliphatic heterocycles. The zero-order chi connectivity index (χ0) is 13.2. The van der Waals surface area contributed by atoms with E-state index in [2.05, 4.69) is 0 Å². The first kappa shape index (κ1) is 17.5. The summed E-state index contributed by atoms with van der Waals surface area (Å²) in [6, 6.07) is 4.47. The number of benzene rings is 1. The van der Waals surface area contributed by atoms with Crippen molar-refractivity contribution in [2.75, 3.05) is 7.11 Å². The third kappa shape index (κ3) is 3.75. The highest BCUT2D eigenvalue weighted by Crippen LogP contribution is 2.34. The second-order valence-corrected chi connectivity index (χ2v) is 5.27. The fourth-order valence-corrected chi connectivity index (χ4v) is 2.10. The Morgan fingerprint density at radius 2 is 1.72 bits per heavy atom. The average Bonchev–Trinajstić information content (AvgIpc) is 2.25. The molecule has 0 fully saturated rings. The Kier molecular flexibility index (Phi) is 6.44. The SMILES string of the molecule is COC(=O)C(C)(C)[C@H](N)c1cc(Cl)cc(Cl)c1.Cl. The number of rotatable bonds is 3. The molecule has 1 aromatic carbocycles. The van der Waals surface area contributed by atoms with Crippen LogP contribution < -0.4 is 5.73 Å². The van der Waals surface area contributed by atoms with E-state index in [9.17, 15) is 4.79 Å². The van der Waals surface area contributed by atoms with Crippen molar-refractivity contribution < 1.29 is 9.53 Å². The summed E-state index contributed by atoms with van der Waals surface area (Å²) >= 11 is 11.8. The van der Waals surface area contributed by atoms with Gasteiger partial charge in [-0.25, -0.2) is 0 Å². The van der Waals surface area contributed by atoms with Crippen LogP contribution in [0.25, 0.3) is 0 Å².